The first-order valence-electron chi connectivity index (χ1n) is 12.5. The molecule has 0 fully saturated rings. The second-order valence-corrected chi connectivity index (χ2v) is 10.6. The number of hydrogen-bond donors (Lipinski definition) is 8. The molecule has 2 atom stereocenters. The molecule has 0 radical (unpaired) electrons. The Bertz CT molecular complexity index is 1510. The summed E-state index contributed by atoms with van der Waals surface area (Å²) < 4.78 is 39.2. The zero-order valence-electron chi connectivity index (χ0n) is 22.3. The second-order valence-electron chi connectivity index (χ2n) is 8.92. The van der Waals surface area contributed by atoms with E-state index in [1.165, 1.54) is 25.0 Å². The number of carboxylic acids is 1. The minimum atomic E-state index is -4.34. The van der Waals surface area contributed by atoms with Gasteiger partial charge in [0.05, 0.1) is 24.1 Å². The predicted molar refractivity (Wildman–Crippen MR) is 144 cm³/mol. The summed E-state index contributed by atoms with van der Waals surface area (Å²) >= 11 is 0. The van der Waals surface area contributed by atoms with Crippen LogP contribution in [-0.2, 0) is 42.0 Å². The standard InChI is InChI=1S/C24H28FN9O8S/c25-14-1-3-17(4-2-14)43(41,42)34-24(40)29-11-21(36)32-18(7-15-9-26-12-30-15)22(37)28-6-5-20(35)33-19(23(38)39)8-16-10-27-13-31-16/h1-4,9-10,12-13,18-19H,5-8,11H2,(H,26,30)(H,27,31)(H,28,37)(H,32,36)(H,33,35)(H,38,39)(H2,29,34,40)/t18-,19-/m0/s1. The molecule has 8 N–H and O–H groups in total. The Morgan fingerprint density at radius 2 is 1.44 bits per heavy atom. The van der Waals surface area contributed by atoms with Gasteiger partial charge < -0.3 is 36.3 Å². The number of amides is 5. The van der Waals surface area contributed by atoms with Crippen LogP contribution in [0.4, 0.5) is 9.18 Å². The molecule has 0 aliphatic heterocycles. The molecule has 43 heavy (non-hydrogen) atoms. The maximum Gasteiger partial charge on any atom is 0.329 e. The third kappa shape index (κ3) is 10.5. The number of hydrogen-bond acceptors (Lipinski definition) is 9. The van der Waals surface area contributed by atoms with E-state index in [4.69, 9.17) is 0 Å². The third-order valence-electron chi connectivity index (χ3n) is 5.65. The molecule has 3 rings (SSSR count). The average Bonchev–Trinajstić information content (AvgIpc) is 3.66. The number of carboxylic acid groups (broad SMARTS) is 1. The van der Waals surface area contributed by atoms with Crippen molar-refractivity contribution in [2.24, 2.45) is 0 Å². The minimum Gasteiger partial charge on any atom is -0.480 e. The van der Waals surface area contributed by atoms with E-state index in [9.17, 15) is 41.9 Å². The molecule has 230 valence electrons. The maximum atomic E-state index is 13.0. The van der Waals surface area contributed by atoms with Crippen LogP contribution in [0.2, 0.25) is 0 Å². The van der Waals surface area contributed by atoms with Crippen molar-refractivity contribution in [2.75, 3.05) is 13.1 Å². The van der Waals surface area contributed by atoms with E-state index in [0.717, 1.165) is 24.3 Å². The number of benzene rings is 1. The molecule has 0 saturated carbocycles. The summed E-state index contributed by atoms with van der Waals surface area (Å²) in [5.74, 6) is -4.14. The fourth-order valence-electron chi connectivity index (χ4n) is 3.57. The molecule has 0 spiro atoms. The molecule has 0 aliphatic rings. The number of urea groups is 1. The molecule has 1 aromatic carbocycles. The number of sulfonamides is 1. The lowest BCUT2D eigenvalue weighted by molar-refractivity contribution is -0.141. The summed E-state index contributed by atoms with van der Waals surface area (Å²) in [6.07, 6.45) is 5.21. The van der Waals surface area contributed by atoms with Gasteiger partial charge in [-0.05, 0) is 24.3 Å². The SMILES string of the molecule is O=C(CCNC(=O)[C@H](Cc1cnc[nH]1)NC(=O)CNC(=O)NS(=O)(=O)c1ccc(F)cc1)N[C@@H](Cc1cnc[nH]1)C(=O)O. The number of imidazole rings is 2. The Morgan fingerprint density at radius 1 is 0.860 bits per heavy atom. The van der Waals surface area contributed by atoms with E-state index < -0.39 is 64.2 Å². The summed E-state index contributed by atoms with van der Waals surface area (Å²) in [5, 5.41) is 18.7. The number of aromatic amines is 2. The summed E-state index contributed by atoms with van der Waals surface area (Å²) in [6.45, 7) is -0.912. The number of carbonyl (C=O) groups is 5. The summed E-state index contributed by atoms with van der Waals surface area (Å²) in [7, 11) is -4.34. The highest BCUT2D eigenvalue weighted by atomic mass is 32.2. The van der Waals surface area contributed by atoms with Gasteiger partial charge in [-0.3, -0.25) is 14.4 Å². The number of halogens is 1. The number of aromatic nitrogens is 4. The molecular weight excluding hydrogens is 593 g/mol. The first kappa shape index (κ1) is 32.2. The van der Waals surface area contributed by atoms with E-state index in [1.807, 2.05) is 5.32 Å². The highest BCUT2D eigenvalue weighted by Crippen LogP contribution is 2.09. The van der Waals surface area contributed by atoms with Crippen molar-refractivity contribution in [3.8, 4) is 0 Å². The zero-order chi connectivity index (χ0) is 31.4. The van der Waals surface area contributed by atoms with E-state index in [0.29, 0.717) is 11.4 Å². The maximum absolute atomic E-state index is 13.0. The largest absolute Gasteiger partial charge is 0.480 e. The van der Waals surface area contributed by atoms with Gasteiger partial charge in [0.25, 0.3) is 10.0 Å². The molecule has 17 nitrogen and oxygen atoms in total. The Balaban J connectivity index is 1.49. The van der Waals surface area contributed by atoms with Gasteiger partial charge in [-0.15, -0.1) is 0 Å². The Morgan fingerprint density at radius 3 is 2.00 bits per heavy atom. The van der Waals surface area contributed by atoms with Crippen molar-refractivity contribution in [1.29, 1.82) is 0 Å². The second kappa shape index (κ2) is 15.1. The fourth-order valence-corrected chi connectivity index (χ4v) is 4.50. The summed E-state index contributed by atoms with van der Waals surface area (Å²) in [5.41, 5.74) is 0.970. The summed E-state index contributed by atoms with van der Waals surface area (Å²) in [4.78, 5) is 73.9. The zero-order valence-corrected chi connectivity index (χ0v) is 23.1. The van der Waals surface area contributed by atoms with Crippen molar-refractivity contribution < 1.29 is 41.9 Å². The van der Waals surface area contributed by atoms with Crippen LogP contribution in [0.3, 0.4) is 0 Å². The van der Waals surface area contributed by atoms with Crippen molar-refractivity contribution in [3.63, 3.8) is 0 Å². The molecule has 0 bridgehead atoms. The van der Waals surface area contributed by atoms with Crippen molar-refractivity contribution >= 4 is 39.7 Å². The van der Waals surface area contributed by atoms with E-state index in [2.05, 4.69) is 35.9 Å². The van der Waals surface area contributed by atoms with E-state index >= 15 is 0 Å². The van der Waals surface area contributed by atoms with Crippen LogP contribution >= 0.6 is 0 Å². The monoisotopic (exact) mass is 621 g/mol. The van der Waals surface area contributed by atoms with Gasteiger partial charge in [0.2, 0.25) is 17.7 Å². The fraction of sp³-hybridized carbons (Fsp3) is 0.292. The van der Waals surface area contributed by atoms with Crippen LogP contribution in [0.1, 0.15) is 17.8 Å². The predicted octanol–water partition coefficient (Wildman–Crippen LogP) is -1.69. The first-order chi connectivity index (χ1) is 20.4. The van der Waals surface area contributed by atoms with Gasteiger partial charge in [0.1, 0.15) is 17.9 Å². The number of carbonyl (C=O) groups excluding carboxylic acids is 4. The number of nitrogens with zero attached hydrogens (tertiary/aromatic N) is 2. The number of nitrogens with one attached hydrogen (secondary N) is 7. The summed E-state index contributed by atoms with van der Waals surface area (Å²) in [6, 6.07) is 0.0197. The molecular formula is C24H28FN9O8S. The van der Waals surface area contributed by atoms with Gasteiger partial charge in [-0.25, -0.2) is 37.1 Å². The van der Waals surface area contributed by atoms with Gasteiger partial charge in [-0.1, -0.05) is 0 Å². The Hall–Kier alpha value is -5.33. The molecule has 2 aromatic heterocycles. The molecule has 5 amide bonds. The molecule has 19 heteroatoms. The molecule has 0 aliphatic carbocycles. The van der Waals surface area contributed by atoms with Crippen molar-refractivity contribution in [1.82, 2.24) is 45.9 Å². The van der Waals surface area contributed by atoms with Gasteiger partial charge in [0.15, 0.2) is 0 Å². The molecule has 3 aromatic rings. The van der Waals surface area contributed by atoms with Crippen molar-refractivity contribution in [3.05, 3.63) is 66.5 Å². The normalized spacial score (nSPS) is 12.4. The average molecular weight is 622 g/mol. The topological polar surface area (TPSA) is 257 Å². The Labute approximate surface area is 243 Å². The lowest BCUT2D eigenvalue weighted by Gasteiger charge is -2.18. The molecule has 0 unspecified atom stereocenters. The number of aliphatic carboxylic acids is 1. The van der Waals surface area contributed by atoms with Gasteiger partial charge in [-0.2, -0.15) is 0 Å². The third-order valence-corrected chi connectivity index (χ3v) is 7.00. The van der Waals surface area contributed by atoms with Crippen LogP contribution in [0.15, 0.2) is 54.2 Å². The number of rotatable bonds is 15. The van der Waals surface area contributed by atoms with Crippen LogP contribution in [0, 0.1) is 5.82 Å². The number of H-pyrrole nitrogens is 2. The minimum absolute atomic E-state index is 0.0318. The van der Waals surface area contributed by atoms with Gasteiger partial charge >= 0.3 is 12.0 Å². The van der Waals surface area contributed by atoms with E-state index in [1.54, 1.807) is 4.72 Å². The Kier molecular flexibility index (Phi) is 11.3. The molecule has 2 heterocycles. The van der Waals surface area contributed by atoms with Crippen LogP contribution in [0.25, 0.3) is 0 Å². The van der Waals surface area contributed by atoms with Crippen LogP contribution < -0.4 is 26.0 Å². The van der Waals surface area contributed by atoms with Gasteiger partial charge in [0, 0.05) is 49.6 Å². The van der Waals surface area contributed by atoms with Crippen LogP contribution in [-0.4, -0.2) is 88.4 Å². The lowest BCUT2D eigenvalue weighted by atomic mass is 10.1. The highest BCUT2D eigenvalue weighted by Gasteiger charge is 2.24. The highest BCUT2D eigenvalue weighted by molar-refractivity contribution is 7.90. The van der Waals surface area contributed by atoms with Crippen LogP contribution in [0.5, 0.6) is 0 Å². The lowest BCUT2D eigenvalue weighted by Crippen LogP contribution is -2.52. The first-order valence-corrected chi connectivity index (χ1v) is 14.0. The quantitative estimate of drug-likeness (QED) is 0.0954. The van der Waals surface area contributed by atoms with Crippen molar-refractivity contribution in [2.45, 2.75) is 36.2 Å². The van der Waals surface area contributed by atoms with E-state index in [-0.39, 0.29) is 30.7 Å². The molecule has 0 saturated heterocycles. The smallest absolute Gasteiger partial charge is 0.329 e.